The lowest BCUT2D eigenvalue weighted by Crippen LogP contribution is -2.31. The minimum atomic E-state index is 0.142. The van der Waals surface area contributed by atoms with Gasteiger partial charge in [-0.05, 0) is 32.8 Å². The van der Waals surface area contributed by atoms with Crippen molar-refractivity contribution in [2.24, 2.45) is 5.84 Å². The van der Waals surface area contributed by atoms with Gasteiger partial charge in [-0.1, -0.05) is 12.8 Å². The second-order valence-electron chi connectivity index (χ2n) is 5.51. The van der Waals surface area contributed by atoms with Crippen LogP contribution in [-0.2, 0) is 0 Å². The lowest BCUT2D eigenvalue weighted by Gasteiger charge is -2.26. The van der Waals surface area contributed by atoms with Crippen molar-refractivity contribution in [3.8, 4) is 0 Å². The molecule has 0 atom stereocenters. The van der Waals surface area contributed by atoms with Crippen LogP contribution in [-0.4, -0.2) is 15.5 Å². The summed E-state index contributed by atoms with van der Waals surface area (Å²) < 4.78 is 0. The highest BCUT2D eigenvalue weighted by atomic mass is 32.1. The molecule has 1 fully saturated rings. The molecule has 1 aliphatic rings. The summed E-state index contributed by atoms with van der Waals surface area (Å²) >= 11 is 1.67. The van der Waals surface area contributed by atoms with E-state index in [1.54, 1.807) is 11.3 Å². The average molecular weight is 277 g/mol. The minimum Gasteiger partial charge on any atom is -0.364 e. The molecule has 4 N–H and O–H groups in total. The van der Waals surface area contributed by atoms with Gasteiger partial charge in [0.25, 0.3) is 0 Å². The molecular weight excluding hydrogens is 258 g/mol. The molecule has 3 rings (SSSR count). The van der Waals surface area contributed by atoms with Crippen molar-refractivity contribution in [3.05, 3.63) is 10.9 Å². The van der Waals surface area contributed by atoms with Crippen molar-refractivity contribution < 1.29 is 0 Å². The number of nitrogens with one attached hydrogen (secondary N) is 2. The second-order valence-corrected chi connectivity index (χ2v) is 6.74. The Morgan fingerprint density at radius 3 is 2.74 bits per heavy atom. The van der Waals surface area contributed by atoms with E-state index >= 15 is 0 Å². The number of rotatable bonds is 3. The fourth-order valence-electron chi connectivity index (χ4n) is 2.77. The summed E-state index contributed by atoms with van der Waals surface area (Å²) in [6, 6.07) is 2.14. The fourth-order valence-corrected chi connectivity index (χ4v) is 3.65. The summed E-state index contributed by atoms with van der Waals surface area (Å²) in [7, 11) is 0. The van der Waals surface area contributed by atoms with E-state index in [-0.39, 0.29) is 5.54 Å². The zero-order valence-electron chi connectivity index (χ0n) is 11.3. The van der Waals surface area contributed by atoms with E-state index in [2.05, 4.69) is 40.6 Å². The molecule has 0 spiro atoms. The van der Waals surface area contributed by atoms with E-state index in [0.29, 0.717) is 5.95 Å². The Morgan fingerprint density at radius 2 is 2.05 bits per heavy atom. The van der Waals surface area contributed by atoms with E-state index < -0.39 is 0 Å². The number of anilines is 2. The fraction of sp³-hybridized carbons (Fsp3) is 0.538. The third-order valence-corrected chi connectivity index (χ3v) is 4.72. The van der Waals surface area contributed by atoms with Crippen molar-refractivity contribution in [1.29, 1.82) is 0 Å². The first-order chi connectivity index (χ1) is 9.09. The molecule has 1 aliphatic carbocycles. The van der Waals surface area contributed by atoms with Gasteiger partial charge in [0, 0.05) is 10.4 Å². The zero-order valence-corrected chi connectivity index (χ0v) is 12.1. The van der Waals surface area contributed by atoms with Gasteiger partial charge in [0.05, 0.1) is 5.39 Å². The largest absolute Gasteiger partial charge is 0.364 e. The molecule has 1 saturated carbocycles. The van der Waals surface area contributed by atoms with E-state index in [1.165, 1.54) is 30.6 Å². The van der Waals surface area contributed by atoms with Crippen LogP contribution in [0, 0.1) is 6.92 Å². The topological polar surface area (TPSA) is 75.9 Å². The van der Waals surface area contributed by atoms with E-state index in [0.717, 1.165) is 16.0 Å². The molecule has 0 aromatic carbocycles. The van der Waals surface area contributed by atoms with Gasteiger partial charge in [-0.2, -0.15) is 4.98 Å². The zero-order chi connectivity index (χ0) is 13.5. The van der Waals surface area contributed by atoms with E-state index in [4.69, 9.17) is 5.84 Å². The van der Waals surface area contributed by atoms with Gasteiger partial charge >= 0.3 is 0 Å². The van der Waals surface area contributed by atoms with Crippen LogP contribution in [0.3, 0.4) is 0 Å². The first-order valence-electron chi connectivity index (χ1n) is 6.63. The quantitative estimate of drug-likeness (QED) is 0.594. The van der Waals surface area contributed by atoms with Gasteiger partial charge in [-0.15, -0.1) is 11.3 Å². The summed E-state index contributed by atoms with van der Waals surface area (Å²) in [6.07, 6.45) is 4.94. The highest BCUT2D eigenvalue weighted by Crippen LogP contribution is 2.36. The van der Waals surface area contributed by atoms with Crippen molar-refractivity contribution in [1.82, 2.24) is 9.97 Å². The molecule has 0 saturated heterocycles. The molecule has 0 aliphatic heterocycles. The van der Waals surface area contributed by atoms with Crippen LogP contribution in [0.2, 0.25) is 0 Å². The van der Waals surface area contributed by atoms with Crippen LogP contribution in [0.1, 0.15) is 37.5 Å². The molecule has 2 aromatic rings. The number of aromatic nitrogens is 2. The van der Waals surface area contributed by atoms with Crippen molar-refractivity contribution in [2.45, 2.75) is 45.1 Å². The third kappa shape index (κ3) is 2.37. The number of hydrogen-bond acceptors (Lipinski definition) is 6. The van der Waals surface area contributed by atoms with Gasteiger partial charge in [-0.25, -0.2) is 10.8 Å². The lowest BCUT2D eigenvalue weighted by molar-refractivity contribution is 0.532. The Kier molecular flexibility index (Phi) is 3.06. The lowest BCUT2D eigenvalue weighted by atomic mass is 10.0. The molecule has 2 aromatic heterocycles. The Labute approximate surface area is 116 Å². The average Bonchev–Trinajstić information content (AvgIpc) is 2.94. The van der Waals surface area contributed by atoms with Gasteiger partial charge in [0.15, 0.2) is 0 Å². The number of nitrogens with zero attached hydrogens (tertiary/aromatic N) is 2. The molecule has 102 valence electrons. The summed E-state index contributed by atoms with van der Waals surface area (Å²) in [5.41, 5.74) is 2.69. The molecule has 19 heavy (non-hydrogen) atoms. The number of thiophene rings is 1. The number of nitrogens with two attached hydrogens (primary N) is 1. The molecular formula is C13H19N5S. The molecule has 2 heterocycles. The van der Waals surface area contributed by atoms with Crippen LogP contribution < -0.4 is 16.6 Å². The van der Waals surface area contributed by atoms with Gasteiger partial charge in [0.2, 0.25) is 5.95 Å². The molecule has 0 radical (unpaired) electrons. The first-order valence-corrected chi connectivity index (χ1v) is 7.44. The highest BCUT2D eigenvalue weighted by Gasteiger charge is 2.29. The number of hydrazine groups is 1. The maximum absolute atomic E-state index is 5.46. The monoisotopic (exact) mass is 277 g/mol. The molecule has 5 nitrogen and oxygen atoms in total. The summed E-state index contributed by atoms with van der Waals surface area (Å²) in [5.74, 6) is 6.83. The van der Waals surface area contributed by atoms with Gasteiger partial charge < -0.3 is 5.32 Å². The summed E-state index contributed by atoms with van der Waals surface area (Å²) in [5, 5.41) is 4.70. The number of nitrogen functional groups attached to an aromatic ring is 1. The Balaban J connectivity index is 2.05. The minimum absolute atomic E-state index is 0.142. The maximum Gasteiger partial charge on any atom is 0.240 e. The van der Waals surface area contributed by atoms with E-state index in [1.807, 2.05) is 0 Å². The van der Waals surface area contributed by atoms with Crippen LogP contribution >= 0.6 is 11.3 Å². The summed E-state index contributed by atoms with van der Waals surface area (Å²) in [4.78, 5) is 11.1. The number of hydrogen-bond donors (Lipinski definition) is 3. The molecule has 0 bridgehead atoms. The van der Waals surface area contributed by atoms with Crippen LogP contribution in [0.25, 0.3) is 10.2 Å². The Bertz CT molecular complexity index is 600. The van der Waals surface area contributed by atoms with Crippen molar-refractivity contribution in [3.63, 3.8) is 0 Å². The SMILES string of the molecule is Cc1cc2c(NC3(C)CCCC3)nc(NN)nc2s1. The second kappa shape index (κ2) is 4.61. The van der Waals surface area contributed by atoms with Gasteiger partial charge in [-0.3, -0.25) is 5.43 Å². The standard InChI is InChI=1S/C13H19N5S/c1-8-7-9-10(17-13(2)5-3-4-6-13)15-12(18-14)16-11(9)19-8/h7H,3-6,14H2,1-2H3,(H2,15,16,17,18). The first kappa shape index (κ1) is 12.6. The normalized spacial score (nSPS) is 17.8. The highest BCUT2D eigenvalue weighted by molar-refractivity contribution is 7.18. The Morgan fingerprint density at radius 1 is 1.32 bits per heavy atom. The molecule has 6 heteroatoms. The van der Waals surface area contributed by atoms with Crippen molar-refractivity contribution >= 4 is 33.3 Å². The smallest absolute Gasteiger partial charge is 0.240 e. The van der Waals surface area contributed by atoms with Gasteiger partial charge in [0.1, 0.15) is 10.6 Å². The molecule has 0 amide bonds. The predicted molar refractivity (Wildman–Crippen MR) is 80.5 cm³/mol. The molecule has 0 unspecified atom stereocenters. The third-order valence-electron chi connectivity index (χ3n) is 3.77. The number of fused-ring (bicyclic) bond motifs is 1. The van der Waals surface area contributed by atoms with Crippen LogP contribution in [0.15, 0.2) is 6.07 Å². The van der Waals surface area contributed by atoms with Crippen molar-refractivity contribution in [2.75, 3.05) is 10.7 Å². The maximum atomic E-state index is 5.46. The predicted octanol–water partition coefficient (Wildman–Crippen LogP) is 3.03. The Hall–Kier alpha value is -1.40. The summed E-state index contributed by atoms with van der Waals surface area (Å²) in [6.45, 7) is 4.35. The number of aryl methyl sites for hydroxylation is 1. The van der Waals surface area contributed by atoms with Crippen LogP contribution in [0.4, 0.5) is 11.8 Å². The van der Waals surface area contributed by atoms with E-state index in [9.17, 15) is 0 Å². The van der Waals surface area contributed by atoms with Crippen LogP contribution in [0.5, 0.6) is 0 Å².